The maximum absolute atomic E-state index is 6.04. The summed E-state index contributed by atoms with van der Waals surface area (Å²) in [6, 6.07) is 0. The van der Waals surface area contributed by atoms with Crippen molar-refractivity contribution in [2.45, 2.75) is 6.61 Å². The zero-order chi connectivity index (χ0) is 12.4. The van der Waals surface area contributed by atoms with Crippen molar-refractivity contribution in [2.24, 2.45) is 0 Å². The Hall–Kier alpha value is -0.0200. The van der Waals surface area contributed by atoms with Crippen LogP contribution in [-0.4, -0.2) is 22.1 Å². The van der Waals surface area contributed by atoms with Gasteiger partial charge < -0.3 is 4.74 Å². The van der Waals surface area contributed by atoms with Crippen molar-refractivity contribution in [1.29, 1.82) is 0 Å². The molecule has 0 aliphatic carbocycles. The van der Waals surface area contributed by atoms with Crippen LogP contribution in [-0.2, 0) is 11.3 Å². The molecule has 0 aliphatic rings. The van der Waals surface area contributed by atoms with Crippen LogP contribution in [0.25, 0.3) is 10.8 Å². The third-order valence-electron chi connectivity index (χ3n) is 1.83. The topological polar surface area (TPSA) is 47.9 Å². The van der Waals surface area contributed by atoms with Crippen LogP contribution in [0.15, 0.2) is 6.20 Å². The Morgan fingerprint density at radius 1 is 1.41 bits per heavy atom. The molecule has 0 atom stereocenters. The Labute approximate surface area is 125 Å². The number of thiazole rings is 1. The summed E-state index contributed by atoms with van der Waals surface area (Å²) < 4.78 is 6.44. The molecule has 2 aromatic rings. The molecule has 2 rings (SSSR count). The second kappa shape index (κ2) is 5.75. The second-order valence-electron chi connectivity index (χ2n) is 3.00. The van der Waals surface area contributed by atoms with Crippen LogP contribution in [0.1, 0.15) is 5.69 Å². The molecule has 0 aliphatic heterocycles. The van der Waals surface area contributed by atoms with Gasteiger partial charge in [-0.1, -0.05) is 34.5 Å². The highest BCUT2D eigenvalue weighted by Gasteiger charge is 2.14. The smallest absolute Gasteiger partial charge is 0.190 e. The van der Waals surface area contributed by atoms with Crippen molar-refractivity contribution in [3.05, 3.63) is 25.0 Å². The first-order chi connectivity index (χ1) is 8.11. The van der Waals surface area contributed by atoms with E-state index in [0.29, 0.717) is 26.9 Å². The molecule has 4 nitrogen and oxygen atoms in total. The fourth-order valence-corrected chi connectivity index (χ4v) is 2.58. The standard InChI is InChI=1S/C9H6Cl2IN3OS/c1-16-3-4-6(12)7(11)15-8(14-4)9-13-2-5(10)17-9/h2H,3H2,1H3. The van der Waals surface area contributed by atoms with Crippen molar-refractivity contribution < 1.29 is 4.74 Å². The molecule has 0 spiro atoms. The molecule has 17 heavy (non-hydrogen) atoms. The van der Waals surface area contributed by atoms with Gasteiger partial charge in [-0.25, -0.2) is 15.0 Å². The lowest BCUT2D eigenvalue weighted by Crippen LogP contribution is -2.01. The van der Waals surface area contributed by atoms with Crippen molar-refractivity contribution in [3.8, 4) is 10.8 Å². The molecule has 0 N–H and O–H groups in total. The number of rotatable bonds is 3. The predicted molar refractivity (Wildman–Crippen MR) is 76.6 cm³/mol. The average Bonchev–Trinajstić information content (AvgIpc) is 2.71. The van der Waals surface area contributed by atoms with Crippen molar-refractivity contribution in [2.75, 3.05) is 7.11 Å². The Morgan fingerprint density at radius 2 is 2.18 bits per heavy atom. The van der Waals surface area contributed by atoms with Crippen molar-refractivity contribution in [1.82, 2.24) is 15.0 Å². The quantitative estimate of drug-likeness (QED) is 0.581. The van der Waals surface area contributed by atoms with Gasteiger partial charge in [-0.15, -0.1) is 0 Å². The molecular formula is C9H6Cl2IN3OS. The lowest BCUT2D eigenvalue weighted by molar-refractivity contribution is 0.181. The molecule has 2 heterocycles. The SMILES string of the molecule is COCc1nc(-c2ncc(Cl)s2)nc(Cl)c1I. The van der Waals surface area contributed by atoms with E-state index in [-0.39, 0.29) is 0 Å². The molecule has 0 saturated heterocycles. The van der Waals surface area contributed by atoms with E-state index in [1.54, 1.807) is 13.3 Å². The highest BCUT2D eigenvalue weighted by atomic mass is 127. The molecule has 0 aromatic carbocycles. The van der Waals surface area contributed by atoms with Gasteiger partial charge in [0.1, 0.15) is 9.49 Å². The Bertz CT molecular complexity index is 549. The van der Waals surface area contributed by atoms with Gasteiger partial charge in [-0.05, 0) is 22.6 Å². The molecule has 90 valence electrons. The van der Waals surface area contributed by atoms with Crippen LogP contribution < -0.4 is 0 Å². The third kappa shape index (κ3) is 3.05. The molecule has 0 saturated carbocycles. The lowest BCUT2D eigenvalue weighted by Gasteiger charge is -2.05. The van der Waals surface area contributed by atoms with E-state index in [1.165, 1.54) is 11.3 Å². The van der Waals surface area contributed by atoms with E-state index in [4.69, 9.17) is 27.9 Å². The summed E-state index contributed by atoms with van der Waals surface area (Å²) in [5.74, 6) is 0.472. The number of ether oxygens (including phenoxy) is 1. The third-order valence-corrected chi connectivity index (χ3v) is 4.67. The number of methoxy groups -OCH3 is 1. The zero-order valence-electron chi connectivity index (χ0n) is 8.58. The molecule has 0 bridgehead atoms. The van der Waals surface area contributed by atoms with Gasteiger partial charge in [0.25, 0.3) is 0 Å². The summed E-state index contributed by atoms with van der Waals surface area (Å²) in [6.45, 7) is 0.382. The van der Waals surface area contributed by atoms with Gasteiger partial charge in [-0.2, -0.15) is 0 Å². The Balaban J connectivity index is 2.48. The molecule has 8 heteroatoms. The van der Waals surface area contributed by atoms with Gasteiger partial charge in [0, 0.05) is 7.11 Å². The normalized spacial score (nSPS) is 10.8. The first kappa shape index (κ1) is 13.4. The fraction of sp³-hybridized carbons (Fsp3) is 0.222. The van der Waals surface area contributed by atoms with Gasteiger partial charge in [0.2, 0.25) is 0 Å². The van der Waals surface area contributed by atoms with Gasteiger partial charge >= 0.3 is 0 Å². The van der Waals surface area contributed by atoms with Gasteiger partial charge in [0.15, 0.2) is 10.8 Å². The van der Waals surface area contributed by atoms with E-state index in [9.17, 15) is 0 Å². The second-order valence-corrected chi connectivity index (χ2v) is 6.10. The summed E-state index contributed by atoms with van der Waals surface area (Å²) in [5.41, 5.74) is 0.745. The molecule has 0 fully saturated rings. The summed E-state index contributed by atoms with van der Waals surface area (Å²) in [7, 11) is 1.60. The highest BCUT2D eigenvalue weighted by Crippen LogP contribution is 2.28. The summed E-state index contributed by atoms with van der Waals surface area (Å²) in [5, 5.41) is 1.04. The minimum atomic E-state index is 0.382. The Morgan fingerprint density at radius 3 is 2.76 bits per heavy atom. The van der Waals surface area contributed by atoms with Crippen LogP contribution in [0.5, 0.6) is 0 Å². The molecule has 0 amide bonds. The van der Waals surface area contributed by atoms with E-state index < -0.39 is 0 Å². The van der Waals surface area contributed by atoms with Gasteiger partial charge in [-0.3, -0.25) is 0 Å². The number of halogens is 3. The first-order valence-corrected chi connectivity index (χ1v) is 7.09. The largest absolute Gasteiger partial charge is 0.378 e. The maximum Gasteiger partial charge on any atom is 0.190 e. The van der Waals surface area contributed by atoms with Crippen molar-refractivity contribution >= 4 is 57.1 Å². The zero-order valence-corrected chi connectivity index (χ0v) is 13.1. The summed E-state index contributed by atoms with van der Waals surface area (Å²) >= 11 is 15.3. The van der Waals surface area contributed by atoms with Crippen LogP contribution in [0.3, 0.4) is 0 Å². The number of nitrogens with zero attached hydrogens (tertiary/aromatic N) is 3. The molecule has 2 aromatic heterocycles. The number of hydrogen-bond donors (Lipinski definition) is 0. The lowest BCUT2D eigenvalue weighted by atomic mass is 10.4. The van der Waals surface area contributed by atoms with Crippen LogP contribution in [0, 0.1) is 3.57 Å². The summed E-state index contributed by atoms with van der Waals surface area (Å²) in [4.78, 5) is 12.7. The highest BCUT2D eigenvalue weighted by molar-refractivity contribution is 14.1. The van der Waals surface area contributed by atoms with Crippen LogP contribution in [0.2, 0.25) is 9.49 Å². The van der Waals surface area contributed by atoms with E-state index >= 15 is 0 Å². The van der Waals surface area contributed by atoms with Crippen LogP contribution in [0.4, 0.5) is 0 Å². The van der Waals surface area contributed by atoms with E-state index in [2.05, 4.69) is 37.5 Å². The Kier molecular flexibility index (Phi) is 4.53. The summed E-state index contributed by atoms with van der Waals surface area (Å²) in [6.07, 6.45) is 1.56. The van der Waals surface area contributed by atoms with E-state index in [0.717, 1.165) is 9.26 Å². The fourth-order valence-electron chi connectivity index (χ4n) is 1.15. The van der Waals surface area contributed by atoms with Crippen molar-refractivity contribution in [3.63, 3.8) is 0 Å². The molecule has 0 radical (unpaired) electrons. The monoisotopic (exact) mass is 401 g/mol. The minimum absolute atomic E-state index is 0.382. The molecule has 0 unspecified atom stereocenters. The first-order valence-electron chi connectivity index (χ1n) is 4.44. The minimum Gasteiger partial charge on any atom is -0.378 e. The van der Waals surface area contributed by atoms with E-state index in [1.807, 2.05) is 0 Å². The average molecular weight is 402 g/mol. The maximum atomic E-state index is 6.04. The van der Waals surface area contributed by atoms with Gasteiger partial charge in [0.05, 0.1) is 22.1 Å². The van der Waals surface area contributed by atoms with Crippen LogP contribution >= 0.6 is 57.1 Å². The molecular weight excluding hydrogens is 396 g/mol. The number of aromatic nitrogens is 3. The number of hydrogen-bond acceptors (Lipinski definition) is 5. The predicted octanol–water partition coefficient (Wildman–Crippen LogP) is 3.66.